The van der Waals surface area contributed by atoms with E-state index in [1.807, 2.05) is 18.2 Å². The molecule has 4 aromatic rings. The molecule has 0 atom stereocenters. The van der Waals surface area contributed by atoms with Gasteiger partial charge >= 0.3 is 0 Å². The maximum Gasteiger partial charge on any atom is 0.229 e. The Hall–Kier alpha value is -3.50. The van der Waals surface area contributed by atoms with E-state index in [2.05, 4.69) is 64.4 Å². The molecule has 232 valence electrons. The molecule has 6 rings (SSSR count). The molecule has 2 saturated heterocycles. The minimum absolute atomic E-state index is 0.324. The molecule has 0 unspecified atom stereocenters. The molecule has 2 aliphatic heterocycles. The van der Waals surface area contributed by atoms with Crippen LogP contribution in [0.4, 0.5) is 28.8 Å². The lowest BCUT2D eigenvalue weighted by molar-refractivity contribution is 0.0982. The number of piperidine rings is 1. The Labute approximate surface area is 263 Å². The smallest absolute Gasteiger partial charge is 0.229 e. The monoisotopic (exact) mass is 635 g/mol. The van der Waals surface area contributed by atoms with E-state index in [4.69, 9.17) is 16.3 Å². The van der Waals surface area contributed by atoms with E-state index in [9.17, 15) is 4.57 Å². The van der Waals surface area contributed by atoms with Crippen molar-refractivity contribution in [2.24, 2.45) is 0 Å². The topological polar surface area (TPSA) is 112 Å². The van der Waals surface area contributed by atoms with Gasteiger partial charge in [0, 0.05) is 69.5 Å². The highest BCUT2D eigenvalue weighted by atomic mass is 35.5. The van der Waals surface area contributed by atoms with Gasteiger partial charge in [0.2, 0.25) is 5.95 Å². The number of hydrogen-bond donors (Lipinski definition) is 2. The van der Waals surface area contributed by atoms with Crippen LogP contribution >= 0.6 is 18.7 Å². The van der Waals surface area contributed by atoms with Gasteiger partial charge in [-0.1, -0.05) is 11.6 Å². The molecule has 0 saturated carbocycles. The second-order valence-electron chi connectivity index (χ2n) is 11.8. The molecule has 11 nitrogen and oxygen atoms in total. The molecule has 44 heavy (non-hydrogen) atoms. The van der Waals surface area contributed by atoms with Gasteiger partial charge < -0.3 is 29.7 Å². The van der Waals surface area contributed by atoms with Crippen LogP contribution in [0.2, 0.25) is 5.02 Å². The van der Waals surface area contributed by atoms with Gasteiger partial charge in [0.1, 0.15) is 23.4 Å². The number of rotatable bonds is 8. The number of ether oxygens (including phenoxy) is 1. The van der Waals surface area contributed by atoms with Crippen LogP contribution in [0, 0.1) is 0 Å². The predicted molar refractivity (Wildman–Crippen MR) is 180 cm³/mol. The average molecular weight is 636 g/mol. The number of benzene rings is 2. The van der Waals surface area contributed by atoms with Crippen LogP contribution in [-0.2, 0) is 4.57 Å². The zero-order valence-electron chi connectivity index (χ0n) is 25.6. The van der Waals surface area contributed by atoms with E-state index in [0.717, 1.165) is 63.5 Å². The molecule has 0 amide bonds. The second kappa shape index (κ2) is 12.9. The minimum atomic E-state index is -2.75. The van der Waals surface area contributed by atoms with Gasteiger partial charge in [-0.15, -0.1) is 0 Å². The number of hydrogen-bond acceptors (Lipinski definition) is 11. The van der Waals surface area contributed by atoms with Crippen LogP contribution in [0.5, 0.6) is 5.75 Å². The fraction of sp³-hybridized carbons (Fsp3) is 0.419. The van der Waals surface area contributed by atoms with Gasteiger partial charge in [-0.2, -0.15) is 4.98 Å². The van der Waals surface area contributed by atoms with E-state index >= 15 is 0 Å². The van der Waals surface area contributed by atoms with Crippen molar-refractivity contribution >= 4 is 63.9 Å². The van der Waals surface area contributed by atoms with Crippen molar-refractivity contribution in [1.82, 2.24) is 29.7 Å². The fourth-order valence-electron chi connectivity index (χ4n) is 6.09. The summed E-state index contributed by atoms with van der Waals surface area (Å²) in [6.07, 6.45) is 7.07. The molecule has 0 radical (unpaired) electrons. The lowest BCUT2D eigenvalue weighted by atomic mass is 10.0. The normalized spacial score (nSPS) is 17.2. The molecule has 2 aromatic heterocycles. The Bertz CT molecular complexity index is 1680. The lowest BCUT2D eigenvalue weighted by Crippen LogP contribution is -2.52. The van der Waals surface area contributed by atoms with Crippen molar-refractivity contribution in [2.75, 3.05) is 82.3 Å². The first-order chi connectivity index (χ1) is 21.2. The first-order valence-electron chi connectivity index (χ1n) is 14.9. The number of anilines is 5. The summed E-state index contributed by atoms with van der Waals surface area (Å²) in [4.78, 5) is 25.4. The molecule has 0 aliphatic carbocycles. The number of nitrogens with one attached hydrogen (secondary N) is 2. The van der Waals surface area contributed by atoms with Crippen molar-refractivity contribution in [3.63, 3.8) is 0 Å². The molecule has 2 fully saturated rings. The molecule has 4 heterocycles. The maximum absolute atomic E-state index is 13.3. The van der Waals surface area contributed by atoms with Crippen LogP contribution in [0.15, 0.2) is 48.9 Å². The highest BCUT2D eigenvalue weighted by molar-refractivity contribution is 7.71. The van der Waals surface area contributed by atoms with Crippen molar-refractivity contribution in [1.29, 1.82) is 0 Å². The Morgan fingerprint density at radius 1 is 0.932 bits per heavy atom. The van der Waals surface area contributed by atoms with E-state index in [0.29, 0.717) is 50.6 Å². The molecule has 0 bridgehead atoms. The number of nitrogens with zero attached hydrogens (tertiary/aromatic N) is 7. The average Bonchev–Trinajstić information content (AvgIpc) is 3.02. The number of methoxy groups -OCH3 is 1. The van der Waals surface area contributed by atoms with Crippen LogP contribution in [0.1, 0.15) is 12.8 Å². The summed E-state index contributed by atoms with van der Waals surface area (Å²) in [5.74, 6) is 1.42. The van der Waals surface area contributed by atoms with Crippen molar-refractivity contribution in [2.45, 2.75) is 18.9 Å². The molecular formula is C31H39ClN9O2P. The van der Waals surface area contributed by atoms with E-state index in [1.54, 1.807) is 32.8 Å². The first-order valence-corrected chi connectivity index (χ1v) is 17.9. The number of aromatic nitrogens is 4. The van der Waals surface area contributed by atoms with Crippen LogP contribution in [0.25, 0.3) is 11.0 Å². The largest absolute Gasteiger partial charge is 0.494 e. The summed E-state index contributed by atoms with van der Waals surface area (Å²) in [6.45, 7) is 10.1. The third-order valence-corrected chi connectivity index (χ3v) is 10.3. The zero-order valence-corrected chi connectivity index (χ0v) is 27.3. The number of likely N-dealkylation sites (N-methyl/N-ethyl adjacent to an activating group) is 1. The van der Waals surface area contributed by atoms with Gasteiger partial charge in [0.05, 0.1) is 35.5 Å². The summed E-state index contributed by atoms with van der Waals surface area (Å²) in [5, 5.41) is 7.47. The van der Waals surface area contributed by atoms with Gasteiger partial charge in [0.25, 0.3) is 0 Å². The van der Waals surface area contributed by atoms with E-state index < -0.39 is 7.14 Å². The standard InChI is InChI=1S/C31H39ClN9O2P/c1-39-15-17-41(18-16-39)21-9-13-40(14-10-21)22-5-6-24(27(19-22)43-2)37-31-35-20-23(32)30(38-31)36-26-8-7-25-28(34-12-11-33-25)29(26)44(3,4)42/h5-8,11-12,19-21H,9-10,13-18H2,1-4H3,(H2,35,36,37,38). The summed E-state index contributed by atoms with van der Waals surface area (Å²) >= 11 is 6.52. The highest BCUT2D eigenvalue weighted by Crippen LogP contribution is 2.41. The fourth-order valence-corrected chi connectivity index (χ4v) is 7.62. The van der Waals surface area contributed by atoms with E-state index in [1.165, 1.54) is 6.20 Å². The third-order valence-electron chi connectivity index (χ3n) is 8.46. The SMILES string of the molecule is COc1cc(N2CCC(N3CCN(C)CC3)CC2)ccc1Nc1ncc(Cl)c(Nc2ccc3nccnc3c2P(C)(C)=O)n1. The molecule has 0 spiro atoms. The summed E-state index contributed by atoms with van der Waals surface area (Å²) in [5.41, 5.74) is 3.74. The Balaban J connectivity index is 1.18. The van der Waals surface area contributed by atoms with Crippen LogP contribution < -0.4 is 25.6 Å². The Kier molecular flexibility index (Phi) is 8.91. The van der Waals surface area contributed by atoms with Crippen molar-refractivity contribution in [3.05, 3.63) is 53.9 Å². The molecule has 2 N–H and O–H groups in total. The number of piperazine rings is 1. The third kappa shape index (κ3) is 6.61. The van der Waals surface area contributed by atoms with Crippen LogP contribution in [0.3, 0.4) is 0 Å². The maximum atomic E-state index is 13.3. The van der Waals surface area contributed by atoms with Crippen molar-refractivity contribution < 1.29 is 9.30 Å². The summed E-state index contributed by atoms with van der Waals surface area (Å²) in [7, 11) is 1.12. The quantitative estimate of drug-likeness (QED) is 0.254. The molecule has 2 aromatic carbocycles. The Morgan fingerprint density at radius 3 is 2.39 bits per heavy atom. The highest BCUT2D eigenvalue weighted by Gasteiger charge is 2.27. The minimum Gasteiger partial charge on any atom is -0.494 e. The predicted octanol–water partition coefficient (Wildman–Crippen LogP) is 5.03. The number of fused-ring (bicyclic) bond motifs is 1. The molecule has 2 aliphatic rings. The Morgan fingerprint density at radius 2 is 1.66 bits per heavy atom. The first kappa shape index (κ1) is 30.5. The summed E-state index contributed by atoms with van der Waals surface area (Å²) in [6, 6.07) is 10.5. The van der Waals surface area contributed by atoms with Gasteiger partial charge in [0.15, 0.2) is 5.82 Å². The van der Waals surface area contributed by atoms with Crippen LogP contribution in [-0.4, -0.2) is 103 Å². The number of halogens is 1. The molecule has 13 heteroatoms. The lowest BCUT2D eigenvalue weighted by Gasteiger charge is -2.42. The van der Waals surface area contributed by atoms with Gasteiger partial charge in [-0.25, -0.2) is 4.98 Å². The second-order valence-corrected chi connectivity index (χ2v) is 15.4. The van der Waals surface area contributed by atoms with Gasteiger partial charge in [-0.3, -0.25) is 14.9 Å². The van der Waals surface area contributed by atoms with Crippen molar-refractivity contribution in [3.8, 4) is 5.75 Å². The molecular weight excluding hydrogens is 597 g/mol. The van der Waals surface area contributed by atoms with Gasteiger partial charge in [-0.05, 0) is 57.5 Å². The summed E-state index contributed by atoms with van der Waals surface area (Å²) < 4.78 is 19.1. The zero-order chi connectivity index (χ0) is 30.8. The van der Waals surface area contributed by atoms with E-state index in [-0.39, 0.29) is 0 Å².